The molecule has 116 valence electrons. The highest BCUT2D eigenvalue weighted by atomic mass is 35.5. The minimum atomic E-state index is -3.79. The molecule has 0 radical (unpaired) electrons. The zero-order valence-electron chi connectivity index (χ0n) is 11.1. The topological polar surface area (TPSA) is 103 Å². The summed E-state index contributed by atoms with van der Waals surface area (Å²) in [6.07, 6.45) is 0. The number of nitrogens with zero attached hydrogens (tertiary/aromatic N) is 3. The van der Waals surface area contributed by atoms with Gasteiger partial charge in [0.05, 0.1) is 11.5 Å². The monoisotopic (exact) mass is 360 g/mol. The van der Waals surface area contributed by atoms with Crippen LogP contribution in [0.15, 0.2) is 23.1 Å². The molecular weight excluding hydrogens is 351 g/mol. The third-order valence-corrected chi connectivity index (χ3v) is 4.14. The fourth-order valence-electron chi connectivity index (χ4n) is 1.76. The van der Waals surface area contributed by atoms with Crippen LogP contribution in [-0.4, -0.2) is 23.6 Å². The summed E-state index contributed by atoms with van der Waals surface area (Å²) in [5, 5.41) is 2.67. The molecule has 0 aliphatic carbocycles. The molecule has 0 saturated carbocycles. The van der Waals surface area contributed by atoms with E-state index in [0.29, 0.717) is 11.3 Å². The van der Waals surface area contributed by atoms with Crippen LogP contribution in [-0.2, 0) is 0 Å². The second-order valence-corrected chi connectivity index (χ2v) is 6.39. The molecule has 7 nitrogen and oxygen atoms in total. The molecular formula is C12H10Cl2N4O3S. The summed E-state index contributed by atoms with van der Waals surface area (Å²) in [6, 6.07) is 4.40. The van der Waals surface area contributed by atoms with Gasteiger partial charge in [-0.3, -0.25) is 0 Å². The highest BCUT2D eigenvalue weighted by Gasteiger charge is 2.19. The smallest absolute Gasteiger partial charge is 0.265 e. The molecule has 22 heavy (non-hydrogen) atoms. The van der Waals surface area contributed by atoms with Gasteiger partial charge in [0.1, 0.15) is 21.8 Å². The molecule has 0 unspecified atom stereocenters. The van der Waals surface area contributed by atoms with Crippen molar-refractivity contribution in [2.45, 2.75) is 11.8 Å². The number of aryl methyl sites for hydroxylation is 1. The molecule has 0 spiro atoms. The molecule has 4 N–H and O–H groups in total. The Morgan fingerprint density at radius 3 is 2.45 bits per heavy atom. The molecule has 0 atom stereocenters. The molecule has 0 amide bonds. The average molecular weight is 361 g/mol. The standard InChI is InChI=1S/C12H10Cl2N4O3S/c1-6-5-7(3-4-8(6)22(19,20)21)16-11-9(15-2)10(13)17-12(14)18-11/h3-5,19-21H,1H3,(H,16,17,18). The van der Waals surface area contributed by atoms with Crippen LogP contribution in [0.25, 0.3) is 4.85 Å². The van der Waals surface area contributed by atoms with E-state index in [4.69, 9.17) is 29.8 Å². The van der Waals surface area contributed by atoms with Crippen molar-refractivity contribution in [3.05, 3.63) is 45.6 Å². The van der Waals surface area contributed by atoms with E-state index in [1.807, 2.05) is 0 Å². The van der Waals surface area contributed by atoms with E-state index in [2.05, 4.69) is 20.1 Å². The lowest BCUT2D eigenvalue weighted by atomic mass is 10.2. The van der Waals surface area contributed by atoms with Crippen LogP contribution in [0.3, 0.4) is 0 Å². The summed E-state index contributed by atoms with van der Waals surface area (Å²) in [4.78, 5) is 10.8. The zero-order valence-corrected chi connectivity index (χ0v) is 13.4. The van der Waals surface area contributed by atoms with Gasteiger partial charge in [-0.25, -0.2) is 14.8 Å². The molecule has 0 aliphatic rings. The number of rotatable bonds is 3. The van der Waals surface area contributed by atoms with Crippen LogP contribution < -0.4 is 5.32 Å². The van der Waals surface area contributed by atoms with Crippen LogP contribution in [0.1, 0.15) is 5.56 Å². The lowest BCUT2D eigenvalue weighted by Gasteiger charge is -2.21. The number of nitrogens with one attached hydrogen (secondary N) is 1. The molecule has 0 fully saturated rings. The van der Waals surface area contributed by atoms with Gasteiger partial charge in [0.2, 0.25) is 5.28 Å². The lowest BCUT2D eigenvalue weighted by Crippen LogP contribution is -2.01. The van der Waals surface area contributed by atoms with Gasteiger partial charge in [0, 0.05) is 5.69 Å². The van der Waals surface area contributed by atoms with E-state index in [0.717, 1.165) is 0 Å². The van der Waals surface area contributed by atoms with Crippen molar-refractivity contribution in [1.82, 2.24) is 9.97 Å². The quantitative estimate of drug-likeness (QED) is 0.350. The Balaban J connectivity index is 2.41. The second-order valence-electron chi connectivity index (χ2n) is 4.22. The second kappa shape index (κ2) is 6.26. The predicted octanol–water partition coefficient (Wildman–Crippen LogP) is 4.97. The SMILES string of the molecule is [C-]#[N+]c1c(Cl)nc(Cl)nc1Nc1ccc(S(O)(O)O)c(C)c1. The van der Waals surface area contributed by atoms with Gasteiger partial charge in [-0.2, -0.15) is 0 Å². The van der Waals surface area contributed by atoms with Crippen molar-refractivity contribution in [2.24, 2.45) is 0 Å². The van der Waals surface area contributed by atoms with E-state index in [9.17, 15) is 13.7 Å². The highest BCUT2D eigenvalue weighted by Crippen LogP contribution is 2.46. The number of benzene rings is 1. The van der Waals surface area contributed by atoms with Gasteiger partial charge < -0.3 is 19.0 Å². The molecule has 0 aliphatic heterocycles. The van der Waals surface area contributed by atoms with E-state index in [1.165, 1.54) is 12.1 Å². The van der Waals surface area contributed by atoms with Crippen LogP contribution in [0.5, 0.6) is 0 Å². The van der Waals surface area contributed by atoms with E-state index < -0.39 is 10.9 Å². The highest BCUT2D eigenvalue weighted by molar-refractivity contribution is 8.19. The summed E-state index contributed by atoms with van der Waals surface area (Å²) < 4.78 is 27.9. The summed E-state index contributed by atoms with van der Waals surface area (Å²) in [6.45, 7) is 8.70. The molecule has 2 aromatic rings. The van der Waals surface area contributed by atoms with Crippen molar-refractivity contribution in [3.8, 4) is 0 Å². The Morgan fingerprint density at radius 2 is 1.91 bits per heavy atom. The van der Waals surface area contributed by atoms with Crippen molar-refractivity contribution < 1.29 is 13.7 Å². The van der Waals surface area contributed by atoms with Crippen molar-refractivity contribution in [1.29, 1.82) is 0 Å². The van der Waals surface area contributed by atoms with Crippen LogP contribution in [0.2, 0.25) is 10.4 Å². The van der Waals surface area contributed by atoms with Gasteiger partial charge in [0.25, 0.3) is 5.69 Å². The van der Waals surface area contributed by atoms with E-state index in [1.54, 1.807) is 13.0 Å². The first kappa shape index (κ1) is 16.8. The van der Waals surface area contributed by atoms with E-state index in [-0.39, 0.29) is 26.8 Å². The number of halogens is 2. The Labute approximate surface area is 137 Å². The first-order chi connectivity index (χ1) is 10.2. The predicted molar refractivity (Wildman–Crippen MR) is 86.5 cm³/mol. The summed E-state index contributed by atoms with van der Waals surface area (Å²) >= 11 is 11.5. The van der Waals surface area contributed by atoms with Crippen molar-refractivity contribution in [2.75, 3.05) is 5.32 Å². The first-order valence-corrected chi connectivity index (χ1v) is 7.97. The van der Waals surface area contributed by atoms with Crippen LogP contribution in [0.4, 0.5) is 17.2 Å². The number of aromatic nitrogens is 2. The Bertz CT molecular complexity index is 774. The third-order valence-electron chi connectivity index (χ3n) is 2.66. The van der Waals surface area contributed by atoms with Gasteiger partial charge in [-0.1, -0.05) is 11.6 Å². The van der Waals surface area contributed by atoms with Gasteiger partial charge in [-0.15, -0.1) is 0 Å². The molecule has 10 heteroatoms. The van der Waals surface area contributed by atoms with Gasteiger partial charge in [-0.05, 0) is 42.3 Å². The van der Waals surface area contributed by atoms with Crippen molar-refractivity contribution in [3.63, 3.8) is 0 Å². The Morgan fingerprint density at radius 1 is 1.23 bits per heavy atom. The maximum Gasteiger partial charge on any atom is 0.265 e. The molecule has 2 rings (SSSR count). The third kappa shape index (κ3) is 3.59. The largest absolute Gasteiger partial charge is 0.349 e. The number of hydrogen-bond donors (Lipinski definition) is 4. The van der Waals surface area contributed by atoms with Crippen LogP contribution in [0, 0.1) is 13.5 Å². The minimum absolute atomic E-state index is 0.0132. The lowest BCUT2D eigenvalue weighted by molar-refractivity contribution is 0.375. The van der Waals surface area contributed by atoms with Crippen molar-refractivity contribution >= 4 is 51.3 Å². The molecule has 1 aromatic heterocycles. The zero-order chi connectivity index (χ0) is 16.5. The first-order valence-electron chi connectivity index (χ1n) is 5.71. The summed E-state index contributed by atoms with van der Waals surface area (Å²) in [7, 11) is -3.79. The maximum atomic E-state index is 9.28. The number of anilines is 2. The molecule has 1 heterocycles. The number of hydrogen-bond acceptors (Lipinski definition) is 6. The normalized spacial score (nSPS) is 11.9. The maximum absolute atomic E-state index is 9.28. The Hall–Kier alpha value is -1.60. The summed E-state index contributed by atoms with van der Waals surface area (Å²) in [5.74, 6) is 0.128. The Kier molecular flexibility index (Phi) is 4.77. The fraction of sp³-hybridized carbons (Fsp3) is 0.0833. The fourth-order valence-corrected chi connectivity index (χ4v) is 2.92. The molecule has 0 bridgehead atoms. The summed E-state index contributed by atoms with van der Waals surface area (Å²) in [5.41, 5.74) is 0.961. The van der Waals surface area contributed by atoms with Gasteiger partial charge >= 0.3 is 0 Å². The molecule has 1 aromatic carbocycles. The van der Waals surface area contributed by atoms with Gasteiger partial charge in [0.15, 0.2) is 0 Å². The van der Waals surface area contributed by atoms with Crippen LogP contribution >= 0.6 is 34.1 Å². The minimum Gasteiger partial charge on any atom is -0.349 e. The molecule has 0 saturated heterocycles. The average Bonchev–Trinajstić information content (AvgIpc) is 2.36. The van der Waals surface area contributed by atoms with E-state index >= 15 is 0 Å².